The molecule has 0 aromatic carbocycles. The van der Waals surface area contributed by atoms with Crippen LogP contribution in [0, 0.1) is 0 Å². The number of hydrogen-bond donors (Lipinski definition) is 3. The number of carbonyl (C=O) groups is 1. The summed E-state index contributed by atoms with van der Waals surface area (Å²) in [4.78, 5) is 10.1. The van der Waals surface area contributed by atoms with E-state index in [1.165, 1.54) is 0 Å². The van der Waals surface area contributed by atoms with Crippen molar-refractivity contribution >= 4 is 5.97 Å². The molecule has 0 aliphatic carbocycles. The zero-order chi connectivity index (χ0) is 7.98. The van der Waals surface area contributed by atoms with E-state index in [-0.39, 0.29) is 0 Å². The molecule has 0 amide bonds. The van der Waals surface area contributed by atoms with Crippen molar-refractivity contribution in [2.75, 3.05) is 6.54 Å². The fourth-order valence-electron chi connectivity index (χ4n) is 0.632. The predicted molar refractivity (Wildman–Crippen MR) is 38.5 cm³/mol. The lowest BCUT2D eigenvalue weighted by Gasteiger charge is -2.03. The normalized spacial score (nSPS) is 13.0. The first-order chi connectivity index (χ1) is 4.68. The topological polar surface area (TPSA) is 89.3 Å². The van der Waals surface area contributed by atoms with Gasteiger partial charge in [0.25, 0.3) is 0 Å². The van der Waals surface area contributed by atoms with Gasteiger partial charge in [0.1, 0.15) is 6.04 Å². The minimum absolute atomic E-state index is 0.520. The Morgan fingerprint density at radius 2 is 2.10 bits per heavy atom. The molecule has 10 heavy (non-hydrogen) atoms. The lowest BCUT2D eigenvalue weighted by atomic mass is 10.1. The van der Waals surface area contributed by atoms with Gasteiger partial charge in [-0.2, -0.15) is 0 Å². The minimum atomic E-state index is -0.933. The predicted octanol–water partition coefficient (Wildman–Crippen LogP) is -0.473. The molecule has 0 saturated carbocycles. The maximum absolute atomic E-state index is 10.1. The number of aliphatic carboxylic acids is 1. The van der Waals surface area contributed by atoms with Crippen molar-refractivity contribution in [3.05, 3.63) is 0 Å². The van der Waals surface area contributed by atoms with Crippen molar-refractivity contribution in [1.82, 2.24) is 0 Å². The molecule has 0 heterocycles. The second-order valence-corrected chi connectivity index (χ2v) is 2.23. The van der Waals surface area contributed by atoms with Crippen LogP contribution in [-0.4, -0.2) is 23.7 Å². The summed E-state index contributed by atoms with van der Waals surface area (Å²) < 4.78 is 0. The molecular formula is C6H14N2O2. The molecule has 0 fully saturated rings. The first-order valence-corrected chi connectivity index (χ1v) is 3.37. The van der Waals surface area contributed by atoms with Gasteiger partial charge in [0, 0.05) is 0 Å². The van der Waals surface area contributed by atoms with Crippen molar-refractivity contribution in [1.29, 1.82) is 0 Å². The number of rotatable bonds is 5. The Morgan fingerprint density at radius 1 is 1.50 bits per heavy atom. The number of nitrogens with two attached hydrogens (primary N) is 2. The summed E-state index contributed by atoms with van der Waals surface area (Å²) in [5.74, 6) is -0.933. The Kier molecular flexibility index (Phi) is 4.88. The summed E-state index contributed by atoms with van der Waals surface area (Å²) in [7, 11) is 0. The monoisotopic (exact) mass is 147 g/mol. The standard InChI is InChI=1S/C6H14N2O2/c7-4-2-1-3-5(8)6(9)10/h5H,1-4,7-8H2,(H,9,10)/t5-/m0/s1/i4+1. The van der Waals surface area contributed by atoms with E-state index >= 15 is 0 Å². The molecule has 0 spiro atoms. The lowest BCUT2D eigenvalue weighted by Crippen LogP contribution is -2.29. The number of carboxylic acid groups (broad SMARTS) is 1. The molecule has 0 rings (SSSR count). The van der Waals surface area contributed by atoms with Crippen molar-refractivity contribution in [3.8, 4) is 0 Å². The second kappa shape index (κ2) is 5.20. The van der Waals surface area contributed by atoms with Gasteiger partial charge in [-0.3, -0.25) is 4.79 Å². The van der Waals surface area contributed by atoms with Crippen molar-refractivity contribution in [3.63, 3.8) is 0 Å². The van der Waals surface area contributed by atoms with Crippen molar-refractivity contribution < 1.29 is 9.90 Å². The Morgan fingerprint density at radius 3 is 2.50 bits per heavy atom. The fourth-order valence-corrected chi connectivity index (χ4v) is 0.632. The van der Waals surface area contributed by atoms with Crippen LogP contribution in [0.5, 0.6) is 0 Å². The molecule has 0 aromatic heterocycles. The van der Waals surface area contributed by atoms with E-state index < -0.39 is 12.0 Å². The van der Waals surface area contributed by atoms with Gasteiger partial charge < -0.3 is 16.6 Å². The van der Waals surface area contributed by atoms with Crippen LogP contribution in [0.3, 0.4) is 0 Å². The van der Waals surface area contributed by atoms with E-state index in [1.807, 2.05) is 0 Å². The van der Waals surface area contributed by atoms with Gasteiger partial charge in [-0.05, 0) is 19.4 Å². The highest BCUT2D eigenvalue weighted by Crippen LogP contribution is 1.96. The Balaban J connectivity index is 3.21. The van der Waals surface area contributed by atoms with E-state index in [0.29, 0.717) is 13.0 Å². The third kappa shape index (κ3) is 4.29. The number of unbranched alkanes of at least 4 members (excludes halogenated alkanes) is 1. The summed E-state index contributed by atoms with van der Waals surface area (Å²) in [6.45, 7) is 0.604. The van der Waals surface area contributed by atoms with Crippen molar-refractivity contribution in [2.24, 2.45) is 11.5 Å². The summed E-state index contributed by atoms with van der Waals surface area (Å²) in [5.41, 5.74) is 10.4. The lowest BCUT2D eigenvalue weighted by molar-refractivity contribution is -0.138. The van der Waals surface area contributed by atoms with Crippen LogP contribution in [0.2, 0.25) is 0 Å². The molecular weight excluding hydrogens is 133 g/mol. The Labute approximate surface area is 60.2 Å². The minimum Gasteiger partial charge on any atom is -0.480 e. The second-order valence-electron chi connectivity index (χ2n) is 2.23. The third-order valence-corrected chi connectivity index (χ3v) is 1.29. The van der Waals surface area contributed by atoms with Crippen LogP contribution < -0.4 is 11.5 Å². The van der Waals surface area contributed by atoms with E-state index in [4.69, 9.17) is 16.6 Å². The third-order valence-electron chi connectivity index (χ3n) is 1.29. The summed E-state index contributed by atoms with van der Waals surface area (Å²) in [6.07, 6.45) is 2.16. The molecule has 0 saturated heterocycles. The van der Waals surface area contributed by atoms with Crippen LogP contribution in [0.25, 0.3) is 0 Å². The highest BCUT2D eigenvalue weighted by molar-refractivity contribution is 5.72. The van der Waals surface area contributed by atoms with Crippen molar-refractivity contribution in [2.45, 2.75) is 25.3 Å². The van der Waals surface area contributed by atoms with Gasteiger partial charge in [0.2, 0.25) is 0 Å². The van der Waals surface area contributed by atoms with Gasteiger partial charge in [-0.25, -0.2) is 0 Å². The molecule has 1 atom stereocenters. The zero-order valence-corrected chi connectivity index (χ0v) is 5.92. The number of carboxylic acids is 1. The largest absolute Gasteiger partial charge is 0.480 e. The molecule has 0 unspecified atom stereocenters. The average Bonchev–Trinajstić information content (AvgIpc) is 1.88. The molecule has 60 valence electrons. The van der Waals surface area contributed by atoms with Gasteiger partial charge in [0.05, 0.1) is 0 Å². The zero-order valence-electron chi connectivity index (χ0n) is 5.92. The Bertz CT molecular complexity index is 106. The summed E-state index contributed by atoms with van der Waals surface area (Å²) in [6, 6.07) is -0.716. The van der Waals surface area contributed by atoms with E-state index in [2.05, 4.69) is 0 Å². The maximum atomic E-state index is 10.1. The average molecular weight is 147 g/mol. The number of hydrogen-bond acceptors (Lipinski definition) is 3. The highest BCUT2D eigenvalue weighted by Gasteiger charge is 2.09. The Hall–Kier alpha value is -0.610. The first kappa shape index (κ1) is 9.39. The molecule has 0 radical (unpaired) electrons. The van der Waals surface area contributed by atoms with E-state index in [0.717, 1.165) is 12.8 Å². The van der Waals surface area contributed by atoms with E-state index in [9.17, 15) is 4.79 Å². The molecule has 4 heteroatoms. The van der Waals surface area contributed by atoms with Gasteiger partial charge in [0.15, 0.2) is 0 Å². The summed E-state index contributed by atoms with van der Waals surface area (Å²) >= 11 is 0. The molecule has 5 N–H and O–H groups in total. The summed E-state index contributed by atoms with van der Waals surface area (Å²) in [5, 5.41) is 8.33. The fraction of sp³-hybridized carbons (Fsp3) is 0.833. The molecule has 0 aliphatic heterocycles. The quantitative estimate of drug-likeness (QED) is 0.362. The van der Waals surface area contributed by atoms with Crippen LogP contribution in [-0.2, 0) is 4.79 Å². The molecule has 0 aromatic rings. The van der Waals surface area contributed by atoms with Gasteiger partial charge in [-0.15, -0.1) is 0 Å². The smallest absolute Gasteiger partial charge is 0.320 e. The molecule has 4 nitrogen and oxygen atoms in total. The van der Waals surface area contributed by atoms with Crippen LogP contribution in [0.15, 0.2) is 0 Å². The molecule has 0 bridgehead atoms. The van der Waals surface area contributed by atoms with Crippen LogP contribution >= 0.6 is 0 Å². The van der Waals surface area contributed by atoms with Crippen LogP contribution in [0.1, 0.15) is 19.3 Å². The van der Waals surface area contributed by atoms with E-state index in [1.54, 1.807) is 0 Å². The van der Waals surface area contributed by atoms with Gasteiger partial charge >= 0.3 is 5.97 Å². The highest BCUT2D eigenvalue weighted by atomic mass is 16.4. The maximum Gasteiger partial charge on any atom is 0.320 e. The molecule has 0 aliphatic rings. The first-order valence-electron chi connectivity index (χ1n) is 3.37. The SMILES string of the molecule is N[13CH2]CCC[C@H](N)C(=O)O. The van der Waals surface area contributed by atoms with Crippen LogP contribution in [0.4, 0.5) is 0 Å². The van der Waals surface area contributed by atoms with Gasteiger partial charge in [-0.1, -0.05) is 6.42 Å².